The molecular weight excluding hydrogens is 246 g/mol. The molecule has 1 aromatic carbocycles. The van der Waals surface area contributed by atoms with Crippen LogP contribution in [0.3, 0.4) is 0 Å². The second-order valence-electron chi connectivity index (χ2n) is 4.90. The van der Waals surface area contributed by atoms with E-state index in [2.05, 4.69) is 38.2 Å². The van der Waals surface area contributed by atoms with Crippen LogP contribution in [0.2, 0.25) is 5.02 Å². The Morgan fingerprint density at radius 2 is 2.06 bits per heavy atom. The number of rotatable bonds is 7. The summed E-state index contributed by atoms with van der Waals surface area (Å²) in [5, 5.41) is 4.32. The Morgan fingerprint density at radius 1 is 1.33 bits per heavy atom. The molecule has 0 fully saturated rings. The second-order valence-corrected chi connectivity index (χ2v) is 5.30. The van der Waals surface area contributed by atoms with E-state index in [1.165, 1.54) is 5.56 Å². The van der Waals surface area contributed by atoms with Crippen molar-refractivity contribution in [1.82, 2.24) is 5.32 Å². The molecule has 0 spiro atoms. The topological polar surface area (TPSA) is 21.3 Å². The van der Waals surface area contributed by atoms with Gasteiger partial charge >= 0.3 is 0 Å². The highest BCUT2D eigenvalue weighted by atomic mass is 35.5. The quantitative estimate of drug-likeness (QED) is 0.804. The summed E-state index contributed by atoms with van der Waals surface area (Å²) in [6.07, 6.45) is 1.36. The Labute approximate surface area is 116 Å². The number of hydrogen-bond acceptors (Lipinski definition) is 2. The molecule has 0 aliphatic heterocycles. The lowest BCUT2D eigenvalue weighted by molar-refractivity contribution is 0.0611. The van der Waals surface area contributed by atoms with Crippen molar-refractivity contribution in [3.05, 3.63) is 34.3 Å². The third-order valence-corrected chi connectivity index (χ3v) is 3.24. The highest BCUT2D eigenvalue weighted by Gasteiger charge is 2.12. The van der Waals surface area contributed by atoms with Gasteiger partial charge < -0.3 is 10.1 Å². The Kier molecular flexibility index (Phi) is 6.69. The van der Waals surface area contributed by atoms with Crippen molar-refractivity contribution in [2.45, 2.75) is 46.3 Å². The van der Waals surface area contributed by atoms with Gasteiger partial charge in [-0.1, -0.05) is 30.7 Å². The van der Waals surface area contributed by atoms with E-state index >= 15 is 0 Å². The Hall–Kier alpha value is -0.570. The SMILES string of the molecule is CCCNC(COC(C)C)c1ccc(C)c(Cl)c1. The molecule has 0 aromatic heterocycles. The largest absolute Gasteiger partial charge is 0.377 e. The summed E-state index contributed by atoms with van der Waals surface area (Å²) in [7, 11) is 0. The molecule has 1 rings (SSSR count). The fraction of sp³-hybridized carbons (Fsp3) is 0.600. The van der Waals surface area contributed by atoms with Gasteiger partial charge in [0.2, 0.25) is 0 Å². The van der Waals surface area contributed by atoms with Crippen LogP contribution in [0.4, 0.5) is 0 Å². The fourth-order valence-corrected chi connectivity index (χ4v) is 1.90. The Morgan fingerprint density at radius 3 is 2.61 bits per heavy atom. The van der Waals surface area contributed by atoms with Crippen LogP contribution in [-0.4, -0.2) is 19.3 Å². The minimum atomic E-state index is 0.213. The molecule has 0 bridgehead atoms. The standard InChI is InChI=1S/C15H24ClNO/c1-5-8-17-15(10-18-11(2)3)13-7-6-12(4)14(16)9-13/h6-7,9,11,15,17H,5,8,10H2,1-4H3. The maximum Gasteiger partial charge on any atom is 0.0664 e. The summed E-state index contributed by atoms with van der Waals surface area (Å²) >= 11 is 6.19. The number of aryl methyl sites for hydroxylation is 1. The Bertz CT molecular complexity index is 366. The molecule has 0 heterocycles. The highest BCUT2D eigenvalue weighted by molar-refractivity contribution is 6.31. The van der Waals surface area contributed by atoms with E-state index in [-0.39, 0.29) is 12.1 Å². The van der Waals surface area contributed by atoms with Crippen LogP contribution < -0.4 is 5.32 Å². The third-order valence-electron chi connectivity index (χ3n) is 2.84. The number of benzene rings is 1. The zero-order valence-corrected chi connectivity index (χ0v) is 12.6. The van der Waals surface area contributed by atoms with Crippen molar-refractivity contribution in [2.24, 2.45) is 0 Å². The number of halogens is 1. The first kappa shape index (κ1) is 15.5. The molecule has 0 amide bonds. The molecule has 2 nitrogen and oxygen atoms in total. The van der Waals surface area contributed by atoms with E-state index in [0.29, 0.717) is 6.61 Å². The van der Waals surface area contributed by atoms with Crippen molar-refractivity contribution in [3.8, 4) is 0 Å². The molecule has 0 aliphatic carbocycles. The maximum atomic E-state index is 6.19. The summed E-state index contributed by atoms with van der Waals surface area (Å²) in [5.41, 5.74) is 2.30. The van der Waals surface area contributed by atoms with Crippen LogP contribution in [0.5, 0.6) is 0 Å². The van der Waals surface area contributed by atoms with Crippen molar-refractivity contribution < 1.29 is 4.74 Å². The summed E-state index contributed by atoms with van der Waals surface area (Å²) in [6.45, 7) is 9.95. The van der Waals surface area contributed by atoms with Gasteiger partial charge in [-0.2, -0.15) is 0 Å². The van der Waals surface area contributed by atoms with Crippen LogP contribution in [0.15, 0.2) is 18.2 Å². The molecule has 0 saturated carbocycles. The first-order valence-corrected chi connectivity index (χ1v) is 7.03. The van der Waals surface area contributed by atoms with Crippen LogP contribution in [0.25, 0.3) is 0 Å². The van der Waals surface area contributed by atoms with Gasteiger partial charge in [0.25, 0.3) is 0 Å². The average Bonchev–Trinajstić information content (AvgIpc) is 2.33. The van der Waals surface area contributed by atoms with Crippen LogP contribution >= 0.6 is 11.6 Å². The van der Waals surface area contributed by atoms with Crippen LogP contribution in [0.1, 0.15) is 44.4 Å². The molecule has 1 atom stereocenters. The number of hydrogen-bond donors (Lipinski definition) is 1. The van der Waals surface area contributed by atoms with Crippen LogP contribution in [0, 0.1) is 6.92 Å². The van der Waals surface area contributed by atoms with Crippen molar-refractivity contribution in [2.75, 3.05) is 13.2 Å². The third kappa shape index (κ3) is 4.97. The first-order valence-electron chi connectivity index (χ1n) is 6.65. The summed E-state index contributed by atoms with van der Waals surface area (Å²) in [6, 6.07) is 6.44. The van der Waals surface area contributed by atoms with Gasteiger partial charge in [0.05, 0.1) is 18.8 Å². The first-order chi connectivity index (χ1) is 8.54. The predicted molar refractivity (Wildman–Crippen MR) is 78.3 cm³/mol. The van der Waals surface area contributed by atoms with E-state index in [1.54, 1.807) is 0 Å². The lowest BCUT2D eigenvalue weighted by Gasteiger charge is -2.21. The molecule has 0 radical (unpaired) electrons. The summed E-state index contributed by atoms with van der Waals surface area (Å²) in [5.74, 6) is 0. The molecule has 1 N–H and O–H groups in total. The lowest BCUT2D eigenvalue weighted by Crippen LogP contribution is -2.27. The average molecular weight is 270 g/mol. The molecule has 3 heteroatoms. The minimum Gasteiger partial charge on any atom is -0.377 e. The molecule has 0 aliphatic rings. The minimum absolute atomic E-state index is 0.213. The molecule has 1 aromatic rings. The highest BCUT2D eigenvalue weighted by Crippen LogP contribution is 2.22. The summed E-state index contributed by atoms with van der Waals surface area (Å²) < 4.78 is 5.72. The van der Waals surface area contributed by atoms with E-state index < -0.39 is 0 Å². The van der Waals surface area contributed by atoms with Crippen molar-refractivity contribution in [3.63, 3.8) is 0 Å². The predicted octanol–water partition coefficient (Wildman–Crippen LogP) is 4.11. The van der Waals surface area contributed by atoms with E-state index in [9.17, 15) is 0 Å². The zero-order chi connectivity index (χ0) is 13.5. The van der Waals surface area contributed by atoms with E-state index in [4.69, 9.17) is 16.3 Å². The molecule has 0 saturated heterocycles. The normalized spacial score (nSPS) is 13.0. The van der Waals surface area contributed by atoms with Gasteiger partial charge in [-0.05, 0) is 50.9 Å². The fourth-order valence-electron chi connectivity index (χ4n) is 1.71. The molecular formula is C15H24ClNO. The second kappa shape index (κ2) is 7.78. The van der Waals surface area contributed by atoms with Gasteiger partial charge in [0.1, 0.15) is 0 Å². The Balaban J connectivity index is 2.76. The van der Waals surface area contributed by atoms with Gasteiger partial charge in [0.15, 0.2) is 0 Å². The van der Waals surface area contributed by atoms with Gasteiger partial charge in [0, 0.05) is 5.02 Å². The van der Waals surface area contributed by atoms with Gasteiger partial charge in [-0.15, -0.1) is 0 Å². The van der Waals surface area contributed by atoms with E-state index in [0.717, 1.165) is 23.6 Å². The van der Waals surface area contributed by atoms with Crippen LogP contribution in [-0.2, 0) is 4.74 Å². The van der Waals surface area contributed by atoms with Crippen molar-refractivity contribution in [1.29, 1.82) is 0 Å². The molecule has 18 heavy (non-hydrogen) atoms. The zero-order valence-electron chi connectivity index (χ0n) is 11.8. The summed E-state index contributed by atoms with van der Waals surface area (Å²) in [4.78, 5) is 0. The van der Waals surface area contributed by atoms with Crippen molar-refractivity contribution >= 4 is 11.6 Å². The number of nitrogens with one attached hydrogen (secondary N) is 1. The maximum absolute atomic E-state index is 6.19. The van der Waals surface area contributed by atoms with Gasteiger partial charge in [-0.3, -0.25) is 0 Å². The van der Waals surface area contributed by atoms with E-state index in [1.807, 2.05) is 13.0 Å². The molecule has 102 valence electrons. The lowest BCUT2D eigenvalue weighted by atomic mass is 10.1. The molecule has 1 unspecified atom stereocenters. The smallest absolute Gasteiger partial charge is 0.0664 e. The monoisotopic (exact) mass is 269 g/mol. The number of ether oxygens (including phenoxy) is 1. The van der Waals surface area contributed by atoms with Gasteiger partial charge in [-0.25, -0.2) is 0 Å².